The molecule has 0 aliphatic carbocycles. The van der Waals surface area contributed by atoms with Gasteiger partial charge in [0.2, 0.25) is 0 Å². The molecule has 2 rings (SSSR count). The van der Waals surface area contributed by atoms with E-state index in [-0.39, 0.29) is 29.3 Å². The molecule has 1 saturated heterocycles. The number of carbonyl (C=O) groups is 4. The van der Waals surface area contributed by atoms with E-state index in [1.165, 1.54) is 13.8 Å². The van der Waals surface area contributed by atoms with Gasteiger partial charge in [-0.15, -0.1) is 0 Å². The van der Waals surface area contributed by atoms with Crippen LogP contribution >= 0.6 is 0 Å². The molecule has 1 aromatic heterocycles. The average molecular weight is 392 g/mol. The number of nitrogens with one attached hydrogen (secondary N) is 1. The van der Waals surface area contributed by atoms with Crippen LogP contribution in [-0.4, -0.2) is 59.3 Å². The number of hydrogen-bond acceptors (Lipinski definition) is 6. The molecular weight excluding hydrogens is 364 g/mol. The van der Waals surface area contributed by atoms with Crippen LogP contribution in [0.2, 0.25) is 0 Å². The van der Waals surface area contributed by atoms with Gasteiger partial charge < -0.3 is 19.4 Å². The van der Waals surface area contributed by atoms with E-state index in [1.54, 1.807) is 25.7 Å². The maximum absolute atomic E-state index is 12.6. The van der Waals surface area contributed by atoms with Crippen molar-refractivity contribution in [3.05, 3.63) is 22.5 Å². The van der Waals surface area contributed by atoms with Gasteiger partial charge in [-0.2, -0.15) is 0 Å². The highest BCUT2D eigenvalue weighted by Gasteiger charge is 2.32. The van der Waals surface area contributed by atoms with Gasteiger partial charge >= 0.3 is 11.9 Å². The van der Waals surface area contributed by atoms with Crippen molar-refractivity contribution >= 4 is 23.6 Å². The lowest BCUT2D eigenvalue weighted by Gasteiger charge is -2.32. The van der Waals surface area contributed by atoms with Crippen molar-refractivity contribution in [2.45, 2.75) is 53.6 Å². The molecule has 1 unspecified atom stereocenters. The van der Waals surface area contributed by atoms with E-state index in [2.05, 4.69) is 4.98 Å². The maximum Gasteiger partial charge on any atom is 0.355 e. The van der Waals surface area contributed by atoms with Crippen LogP contribution in [0.3, 0.4) is 0 Å². The molecule has 1 aliphatic rings. The number of rotatable bonds is 6. The molecule has 0 radical (unpaired) electrons. The molecule has 8 nitrogen and oxygen atoms in total. The third-order valence-corrected chi connectivity index (χ3v) is 5.05. The molecule has 0 spiro atoms. The SMILES string of the molecule is CCOC(=O)C1CCN(C(=O)C(C)OC(=O)c2[nH]c(C)c(C(C)=O)c2C)CC1. The van der Waals surface area contributed by atoms with Crippen LogP contribution in [0.4, 0.5) is 0 Å². The first-order valence-electron chi connectivity index (χ1n) is 9.53. The molecule has 28 heavy (non-hydrogen) atoms. The summed E-state index contributed by atoms with van der Waals surface area (Å²) in [4.78, 5) is 53.1. The first-order valence-corrected chi connectivity index (χ1v) is 9.53. The lowest BCUT2D eigenvalue weighted by atomic mass is 9.97. The molecule has 0 aromatic carbocycles. The van der Waals surface area contributed by atoms with Crippen LogP contribution in [0.5, 0.6) is 0 Å². The van der Waals surface area contributed by atoms with Crippen molar-refractivity contribution in [1.29, 1.82) is 0 Å². The predicted molar refractivity (Wildman–Crippen MR) is 101 cm³/mol. The van der Waals surface area contributed by atoms with Gasteiger partial charge in [-0.1, -0.05) is 0 Å². The van der Waals surface area contributed by atoms with Gasteiger partial charge in [-0.05, 0) is 53.0 Å². The number of hydrogen-bond donors (Lipinski definition) is 1. The minimum atomic E-state index is -0.963. The van der Waals surface area contributed by atoms with E-state index in [0.717, 1.165) is 0 Å². The number of amides is 1. The summed E-state index contributed by atoms with van der Waals surface area (Å²) in [6.07, 6.45) is 0.0972. The molecular formula is C20H28N2O6. The van der Waals surface area contributed by atoms with Crippen molar-refractivity contribution in [2.75, 3.05) is 19.7 Å². The second-order valence-corrected chi connectivity index (χ2v) is 7.08. The smallest absolute Gasteiger partial charge is 0.355 e. The lowest BCUT2D eigenvalue weighted by Crippen LogP contribution is -2.45. The van der Waals surface area contributed by atoms with Crippen molar-refractivity contribution in [1.82, 2.24) is 9.88 Å². The van der Waals surface area contributed by atoms with Crippen molar-refractivity contribution < 1.29 is 28.7 Å². The second kappa shape index (κ2) is 9.03. The highest BCUT2D eigenvalue weighted by Crippen LogP contribution is 2.22. The Labute approximate surface area is 164 Å². The molecule has 0 saturated carbocycles. The summed E-state index contributed by atoms with van der Waals surface area (Å²) in [7, 11) is 0. The summed E-state index contributed by atoms with van der Waals surface area (Å²) in [5, 5.41) is 0. The van der Waals surface area contributed by atoms with Gasteiger partial charge in [0, 0.05) is 24.3 Å². The van der Waals surface area contributed by atoms with E-state index >= 15 is 0 Å². The number of nitrogens with zero attached hydrogens (tertiary/aromatic N) is 1. The zero-order chi connectivity index (χ0) is 21.0. The van der Waals surface area contributed by atoms with Gasteiger partial charge in [-0.25, -0.2) is 4.79 Å². The minimum absolute atomic E-state index is 0.140. The Hall–Kier alpha value is -2.64. The molecule has 1 amide bonds. The zero-order valence-corrected chi connectivity index (χ0v) is 17.1. The predicted octanol–water partition coefficient (Wildman–Crippen LogP) is 2.18. The molecule has 1 aromatic rings. The first kappa shape index (κ1) is 21.7. The molecule has 154 valence electrons. The summed E-state index contributed by atoms with van der Waals surface area (Å²) >= 11 is 0. The van der Waals surface area contributed by atoms with Crippen LogP contribution in [0.1, 0.15) is 65.7 Å². The number of H-pyrrole nitrogens is 1. The van der Waals surface area contributed by atoms with Gasteiger partial charge in [0.1, 0.15) is 5.69 Å². The second-order valence-electron chi connectivity index (χ2n) is 7.08. The molecule has 0 bridgehead atoms. The quantitative estimate of drug-likeness (QED) is 0.588. The highest BCUT2D eigenvalue weighted by molar-refractivity contribution is 6.01. The molecule has 8 heteroatoms. The molecule has 1 aliphatic heterocycles. The monoisotopic (exact) mass is 392 g/mol. The number of esters is 2. The van der Waals surface area contributed by atoms with E-state index in [4.69, 9.17) is 9.47 Å². The fourth-order valence-electron chi connectivity index (χ4n) is 3.60. The van der Waals surface area contributed by atoms with Crippen LogP contribution in [0.15, 0.2) is 0 Å². The van der Waals surface area contributed by atoms with Crippen LogP contribution < -0.4 is 0 Å². The largest absolute Gasteiger partial charge is 0.466 e. The number of piperidine rings is 1. The fourth-order valence-corrected chi connectivity index (χ4v) is 3.60. The zero-order valence-electron chi connectivity index (χ0n) is 17.1. The Morgan fingerprint density at radius 3 is 2.29 bits per heavy atom. The summed E-state index contributed by atoms with van der Waals surface area (Å²) in [5.41, 5.74) is 1.76. The Morgan fingerprint density at radius 2 is 1.79 bits per heavy atom. The highest BCUT2D eigenvalue weighted by atomic mass is 16.5. The standard InChI is InChI=1S/C20H28N2O6/c1-6-27-19(25)15-7-9-22(10-8-15)18(24)14(5)28-20(26)17-11(2)16(13(4)23)12(3)21-17/h14-15,21H,6-10H2,1-5H3. The lowest BCUT2D eigenvalue weighted by molar-refractivity contribution is -0.152. The molecule has 1 atom stereocenters. The average Bonchev–Trinajstić information content (AvgIpc) is 2.95. The van der Waals surface area contributed by atoms with Crippen molar-refractivity contribution in [2.24, 2.45) is 5.92 Å². The van der Waals surface area contributed by atoms with E-state index in [0.29, 0.717) is 49.4 Å². The topological polar surface area (TPSA) is 106 Å². The summed E-state index contributed by atoms with van der Waals surface area (Å²) < 4.78 is 10.4. The third kappa shape index (κ3) is 4.61. The van der Waals surface area contributed by atoms with Crippen LogP contribution in [0, 0.1) is 19.8 Å². The van der Waals surface area contributed by atoms with Crippen molar-refractivity contribution in [3.8, 4) is 0 Å². The Kier molecular flexibility index (Phi) is 6.99. The Morgan fingerprint density at radius 1 is 1.18 bits per heavy atom. The molecule has 1 fully saturated rings. The van der Waals surface area contributed by atoms with Gasteiger partial charge in [0.05, 0.1) is 12.5 Å². The number of aromatic amines is 1. The summed E-state index contributed by atoms with van der Waals surface area (Å²) in [6, 6.07) is 0. The van der Waals surface area contributed by atoms with Gasteiger partial charge in [0.25, 0.3) is 5.91 Å². The third-order valence-electron chi connectivity index (χ3n) is 5.05. The van der Waals surface area contributed by atoms with Gasteiger partial charge in [0.15, 0.2) is 11.9 Å². The van der Waals surface area contributed by atoms with Crippen LogP contribution in [-0.2, 0) is 19.1 Å². The Balaban J connectivity index is 1.96. The number of likely N-dealkylation sites (tertiary alicyclic amines) is 1. The van der Waals surface area contributed by atoms with Gasteiger partial charge in [-0.3, -0.25) is 14.4 Å². The minimum Gasteiger partial charge on any atom is -0.466 e. The summed E-state index contributed by atoms with van der Waals surface area (Å²) in [5.74, 6) is -1.54. The summed E-state index contributed by atoms with van der Waals surface area (Å²) in [6.45, 7) is 9.28. The number of carbonyl (C=O) groups excluding carboxylic acids is 4. The van der Waals surface area contributed by atoms with Crippen molar-refractivity contribution in [3.63, 3.8) is 0 Å². The fraction of sp³-hybridized carbons (Fsp3) is 0.600. The number of Topliss-reactive ketones (excluding diaryl/α,β-unsaturated/α-hetero) is 1. The van der Waals surface area contributed by atoms with E-state index in [9.17, 15) is 19.2 Å². The normalized spacial score (nSPS) is 15.8. The number of ether oxygens (including phenoxy) is 2. The number of ketones is 1. The van der Waals surface area contributed by atoms with E-state index < -0.39 is 12.1 Å². The maximum atomic E-state index is 12.6. The first-order chi connectivity index (χ1) is 13.2. The van der Waals surface area contributed by atoms with Crippen LogP contribution in [0.25, 0.3) is 0 Å². The Bertz CT molecular complexity index is 774. The van der Waals surface area contributed by atoms with E-state index in [1.807, 2.05) is 0 Å². The molecule has 2 heterocycles. The number of aromatic nitrogens is 1. The molecule has 1 N–H and O–H groups in total. The number of aryl methyl sites for hydroxylation is 1.